The fourth-order valence-electron chi connectivity index (χ4n) is 3.40. The molecule has 4 nitrogen and oxygen atoms in total. The van der Waals surface area contributed by atoms with Crippen molar-refractivity contribution < 1.29 is 4.74 Å². The summed E-state index contributed by atoms with van der Waals surface area (Å²) in [6.45, 7) is 5.26. The van der Waals surface area contributed by atoms with Gasteiger partial charge in [-0.3, -0.25) is 4.90 Å². The van der Waals surface area contributed by atoms with E-state index in [1.165, 1.54) is 50.1 Å². The first kappa shape index (κ1) is 13.3. The highest BCUT2D eigenvalue weighted by Crippen LogP contribution is 2.22. The number of hydrogen-bond acceptors (Lipinski definition) is 3. The zero-order valence-electron chi connectivity index (χ0n) is 12.5. The van der Waals surface area contributed by atoms with E-state index in [0.29, 0.717) is 6.10 Å². The molecule has 0 spiro atoms. The number of para-hydroxylation sites is 2. The van der Waals surface area contributed by atoms with E-state index >= 15 is 0 Å². The van der Waals surface area contributed by atoms with Gasteiger partial charge in [0.15, 0.2) is 0 Å². The second-order valence-corrected chi connectivity index (χ2v) is 6.25. The highest BCUT2D eigenvalue weighted by Gasteiger charge is 2.22. The number of ether oxygens (including phenoxy) is 1. The molecule has 2 aromatic rings. The number of benzene rings is 1. The summed E-state index contributed by atoms with van der Waals surface area (Å²) in [5.41, 5.74) is 2.36. The van der Waals surface area contributed by atoms with Gasteiger partial charge in [-0.2, -0.15) is 0 Å². The van der Waals surface area contributed by atoms with Gasteiger partial charge < -0.3 is 9.30 Å². The summed E-state index contributed by atoms with van der Waals surface area (Å²) in [6.07, 6.45) is 5.58. The molecule has 0 aliphatic carbocycles. The van der Waals surface area contributed by atoms with Gasteiger partial charge in [0.05, 0.1) is 30.2 Å². The summed E-state index contributed by atoms with van der Waals surface area (Å²) < 4.78 is 8.02. The Morgan fingerprint density at radius 2 is 1.95 bits per heavy atom. The second kappa shape index (κ2) is 5.78. The average Bonchev–Trinajstić information content (AvgIpc) is 2.81. The maximum Gasteiger partial charge on any atom is 0.124 e. The average molecular weight is 285 g/mol. The first-order valence-corrected chi connectivity index (χ1v) is 8.18. The van der Waals surface area contributed by atoms with E-state index in [0.717, 1.165) is 25.2 Å². The molecule has 4 heteroatoms. The van der Waals surface area contributed by atoms with Gasteiger partial charge in [-0.25, -0.2) is 4.98 Å². The maximum absolute atomic E-state index is 5.64. The van der Waals surface area contributed by atoms with Crippen LogP contribution in [0.4, 0.5) is 0 Å². The van der Waals surface area contributed by atoms with Crippen LogP contribution in [0.2, 0.25) is 0 Å². The van der Waals surface area contributed by atoms with Crippen LogP contribution in [0.25, 0.3) is 11.0 Å². The number of piperidine rings is 1. The molecule has 0 radical (unpaired) electrons. The van der Waals surface area contributed by atoms with Gasteiger partial charge in [-0.1, -0.05) is 18.6 Å². The maximum atomic E-state index is 5.64. The zero-order chi connectivity index (χ0) is 14.1. The van der Waals surface area contributed by atoms with E-state index < -0.39 is 0 Å². The fourth-order valence-corrected chi connectivity index (χ4v) is 3.40. The van der Waals surface area contributed by atoms with Crippen LogP contribution >= 0.6 is 0 Å². The Labute approximate surface area is 125 Å². The molecule has 4 rings (SSSR count). The number of imidazole rings is 1. The molecule has 2 aliphatic rings. The third-order valence-electron chi connectivity index (χ3n) is 4.73. The molecule has 2 aliphatic heterocycles. The third-order valence-corrected chi connectivity index (χ3v) is 4.73. The molecule has 1 unspecified atom stereocenters. The summed E-state index contributed by atoms with van der Waals surface area (Å²) in [7, 11) is 0. The van der Waals surface area contributed by atoms with E-state index in [9.17, 15) is 0 Å². The van der Waals surface area contributed by atoms with Crippen molar-refractivity contribution in [2.45, 2.75) is 44.9 Å². The van der Waals surface area contributed by atoms with Crippen LogP contribution in [0.1, 0.15) is 31.5 Å². The fraction of sp³-hybridized carbons (Fsp3) is 0.588. The highest BCUT2D eigenvalue weighted by molar-refractivity contribution is 5.75. The molecule has 2 saturated heterocycles. The lowest BCUT2D eigenvalue weighted by atomic mass is 10.1. The standard InChI is InChI=1S/C17H23N3O/c1-4-9-19(10-5-1)13-17-18-15-6-2-3-7-16(15)20(17)12-14-8-11-21-14/h2-3,6-7,14H,1,4-5,8-13H2. The molecule has 3 heterocycles. The molecular weight excluding hydrogens is 262 g/mol. The van der Waals surface area contributed by atoms with Crippen molar-refractivity contribution in [3.8, 4) is 0 Å². The van der Waals surface area contributed by atoms with E-state index in [2.05, 4.69) is 33.7 Å². The lowest BCUT2D eigenvalue weighted by molar-refractivity contribution is -0.0592. The summed E-state index contributed by atoms with van der Waals surface area (Å²) in [6, 6.07) is 8.48. The molecule has 0 N–H and O–H groups in total. The predicted molar refractivity (Wildman–Crippen MR) is 83.2 cm³/mol. The molecule has 1 aromatic carbocycles. The van der Waals surface area contributed by atoms with Gasteiger partial charge in [0.1, 0.15) is 5.82 Å². The van der Waals surface area contributed by atoms with Gasteiger partial charge >= 0.3 is 0 Å². The molecule has 1 atom stereocenters. The lowest BCUT2D eigenvalue weighted by Gasteiger charge is -2.29. The van der Waals surface area contributed by atoms with E-state index in [4.69, 9.17) is 9.72 Å². The van der Waals surface area contributed by atoms with Crippen molar-refractivity contribution in [2.24, 2.45) is 0 Å². The van der Waals surface area contributed by atoms with Crippen LogP contribution < -0.4 is 0 Å². The van der Waals surface area contributed by atoms with Crippen molar-refractivity contribution in [1.82, 2.24) is 14.5 Å². The monoisotopic (exact) mass is 285 g/mol. The van der Waals surface area contributed by atoms with Crippen LogP contribution in [0.5, 0.6) is 0 Å². The van der Waals surface area contributed by atoms with Gasteiger partial charge in [0, 0.05) is 6.61 Å². The Morgan fingerprint density at radius 3 is 2.71 bits per heavy atom. The summed E-state index contributed by atoms with van der Waals surface area (Å²) in [4.78, 5) is 7.43. The number of likely N-dealkylation sites (tertiary alicyclic amines) is 1. The molecule has 0 amide bonds. The minimum absolute atomic E-state index is 0.378. The first-order valence-electron chi connectivity index (χ1n) is 8.18. The van der Waals surface area contributed by atoms with Crippen molar-refractivity contribution in [3.63, 3.8) is 0 Å². The third kappa shape index (κ3) is 2.70. The van der Waals surface area contributed by atoms with E-state index in [1.807, 2.05) is 0 Å². The number of nitrogens with zero attached hydrogens (tertiary/aromatic N) is 3. The van der Waals surface area contributed by atoms with Crippen molar-refractivity contribution in [1.29, 1.82) is 0 Å². The smallest absolute Gasteiger partial charge is 0.124 e. The predicted octanol–water partition coefficient (Wildman–Crippen LogP) is 2.81. The topological polar surface area (TPSA) is 30.3 Å². The summed E-state index contributed by atoms with van der Waals surface area (Å²) in [5, 5.41) is 0. The Kier molecular flexibility index (Phi) is 3.65. The van der Waals surface area contributed by atoms with Gasteiger partial charge in [0.2, 0.25) is 0 Å². The number of rotatable bonds is 4. The second-order valence-electron chi connectivity index (χ2n) is 6.25. The van der Waals surface area contributed by atoms with Crippen LogP contribution in [-0.4, -0.2) is 40.3 Å². The molecule has 0 bridgehead atoms. The molecule has 21 heavy (non-hydrogen) atoms. The van der Waals surface area contributed by atoms with Gasteiger partial charge in [-0.05, 0) is 44.5 Å². The van der Waals surface area contributed by atoms with Crippen molar-refractivity contribution in [2.75, 3.05) is 19.7 Å². The lowest BCUT2D eigenvalue weighted by Crippen LogP contribution is -2.34. The van der Waals surface area contributed by atoms with Crippen LogP contribution in [0, 0.1) is 0 Å². The SMILES string of the molecule is c1ccc2c(c1)nc(CN1CCCCC1)n2CC1CCO1. The first-order chi connectivity index (χ1) is 10.4. The summed E-state index contributed by atoms with van der Waals surface area (Å²) >= 11 is 0. The zero-order valence-corrected chi connectivity index (χ0v) is 12.5. The number of hydrogen-bond donors (Lipinski definition) is 0. The minimum Gasteiger partial charge on any atom is -0.376 e. The highest BCUT2D eigenvalue weighted by atomic mass is 16.5. The van der Waals surface area contributed by atoms with Crippen LogP contribution in [0.15, 0.2) is 24.3 Å². The van der Waals surface area contributed by atoms with Crippen molar-refractivity contribution >= 4 is 11.0 Å². The van der Waals surface area contributed by atoms with Crippen LogP contribution in [-0.2, 0) is 17.8 Å². The Bertz CT molecular complexity index is 612. The largest absolute Gasteiger partial charge is 0.376 e. The van der Waals surface area contributed by atoms with E-state index in [1.54, 1.807) is 0 Å². The van der Waals surface area contributed by atoms with Crippen molar-refractivity contribution in [3.05, 3.63) is 30.1 Å². The molecule has 2 fully saturated rings. The Morgan fingerprint density at radius 1 is 1.14 bits per heavy atom. The molecular formula is C17H23N3O. The molecule has 1 aromatic heterocycles. The minimum atomic E-state index is 0.378. The molecule has 0 saturated carbocycles. The van der Waals surface area contributed by atoms with Gasteiger partial charge in [-0.15, -0.1) is 0 Å². The van der Waals surface area contributed by atoms with Gasteiger partial charge in [0.25, 0.3) is 0 Å². The van der Waals surface area contributed by atoms with E-state index in [-0.39, 0.29) is 0 Å². The Balaban J connectivity index is 1.63. The molecule has 112 valence electrons. The van der Waals surface area contributed by atoms with Crippen LogP contribution in [0.3, 0.4) is 0 Å². The normalized spacial score (nSPS) is 23.3. The summed E-state index contributed by atoms with van der Waals surface area (Å²) in [5.74, 6) is 1.20. The number of aromatic nitrogens is 2. The number of fused-ring (bicyclic) bond motifs is 1. The Hall–Kier alpha value is -1.39. The quantitative estimate of drug-likeness (QED) is 0.865.